The largest absolute Gasteiger partial charge is 0.365 e. The summed E-state index contributed by atoms with van der Waals surface area (Å²) in [6.07, 6.45) is -2.66. The molecular formula is C19H15F5N4O. The van der Waals surface area contributed by atoms with Gasteiger partial charge in [0.2, 0.25) is 6.43 Å². The first-order valence-electron chi connectivity index (χ1n) is 8.81. The zero-order valence-electron chi connectivity index (χ0n) is 14.8. The summed E-state index contributed by atoms with van der Waals surface area (Å²) in [5, 5.41) is 3.24. The predicted octanol–water partition coefficient (Wildman–Crippen LogP) is 4.31. The number of benzene rings is 1. The van der Waals surface area contributed by atoms with Gasteiger partial charge in [0.25, 0.3) is 12.0 Å². The lowest BCUT2D eigenvalue weighted by molar-refractivity contribution is 0.116. The fourth-order valence-electron chi connectivity index (χ4n) is 3.32. The quantitative estimate of drug-likeness (QED) is 0.616. The van der Waals surface area contributed by atoms with Gasteiger partial charge in [0.05, 0.1) is 16.5 Å². The second-order valence-corrected chi connectivity index (χ2v) is 6.82. The number of anilines is 1. The van der Waals surface area contributed by atoms with Crippen molar-refractivity contribution < 1.29 is 22.0 Å². The minimum Gasteiger partial charge on any atom is -0.365 e. The molecule has 0 aliphatic heterocycles. The summed E-state index contributed by atoms with van der Waals surface area (Å²) >= 11 is 0. The number of nitrogens with zero attached hydrogens (tertiary/aromatic N) is 3. The minimum absolute atomic E-state index is 0.0165. The Bertz CT molecular complexity index is 1120. The summed E-state index contributed by atoms with van der Waals surface area (Å²) in [7, 11) is 0. The second kappa shape index (κ2) is 7.41. The van der Waals surface area contributed by atoms with E-state index in [-0.39, 0.29) is 24.3 Å². The number of fused-ring (bicyclic) bond motifs is 1. The molecule has 2 atom stereocenters. The van der Waals surface area contributed by atoms with E-state index in [1.54, 1.807) is 0 Å². The number of alkyl halides is 4. The van der Waals surface area contributed by atoms with Crippen LogP contribution in [0.4, 0.5) is 27.8 Å². The van der Waals surface area contributed by atoms with Crippen LogP contribution in [0, 0.1) is 11.7 Å². The van der Waals surface area contributed by atoms with Crippen LogP contribution in [0.15, 0.2) is 41.6 Å². The molecule has 4 rings (SSSR count). The first-order valence-corrected chi connectivity index (χ1v) is 8.81. The molecule has 1 aliphatic rings. The predicted molar refractivity (Wildman–Crippen MR) is 95.6 cm³/mol. The Kier molecular flexibility index (Phi) is 4.93. The number of hydrogen-bond donors (Lipinski definition) is 1. The van der Waals surface area contributed by atoms with Crippen LogP contribution in [0.25, 0.3) is 10.9 Å². The normalized spacial score (nSPS) is 18.6. The van der Waals surface area contributed by atoms with Crippen LogP contribution in [0.3, 0.4) is 0 Å². The SMILES string of the molecule is O=c1cc2ncnc(NCc3cccc(C(F)F)c3F)c2cn1C1C[C@@H]1C(F)F. The fourth-order valence-corrected chi connectivity index (χ4v) is 3.32. The van der Waals surface area contributed by atoms with Gasteiger partial charge in [-0.15, -0.1) is 0 Å². The monoisotopic (exact) mass is 410 g/mol. The Morgan fingerprint density at radius 2 is 2.00 bits per heavy atom. The van der Waals surface area contributed by atoms with Crippen molar-refractivity contribution in [2.75, 3.05) is 5.32 Å². The van der Waals surface area contributed by atoms with Gasteiger partial charge in [0.1, 0.15) is 18.0 Å². The Morgan fingerprint density at radius 1 is 1.21 bits per heavy atom. The van der Waals surface area contributed by atoms with Gasteiger partial charge in [-0.1, -0.05) is 18.2 Å². The summed E-state index contributed by atoms with van der Waals surface area (Å²) in [6.45, 7) is -0.138. The lowest BCUT2D eigenvalue weighted by Crippen LogP contribution is -2.19. The Labute approximate surface area is 161 Å². The molecule has 10 heteroatoms. The van der Waals surface area contributed by atoms with Crippen molar-refractivity contribution in [1.82, 2.24) is 14.5 Å². The molecule has 1 saturated carbocycles. The van der Waals surface area contributed by atoms with Crippen LogP contribution in [-0.2, 0) is 6.54 Å². The second-order valence-electron chi connectivity index (χ2n) is 6.82. The Morgan fingerprint density at radius 3 is 2.69 bits per heavy atom. The summed E-state index contributed by atoms with van der Waals surface area (Å²) in [4.78, 5) is 20.3. The van der Waals surface area contributed by atoms with Gasteiger partial charge in [0, 0.05) is 36.3 Å². The number of halogens is 5. The lowest BCUT2D eigenvalue weighted by atomic mass is 10.1. The average molecular weight is 410 g/mol. The third kappa shape index (κ3) is 3.66. The molecule has 3 aromatic rings. The van der Waals surface area contributed by atoms with Crippen molar-refractivity contribution in [3.05, 3.63) is 64.1 Å². The molecule has 1 aromatic carbocycles. The summed E-state index contributed by atoms with van der Waals surface area (Å²) < 4.78 is 66.9. The van der Waals surface area contributed by atoms with E-state index in [1.807, 2.05) is 0 Å². The molecule has 0 bridgehead atoms. The van der Waals surface area contributed by atoms with Crippen molar-refractivity contribution in [2.24, 2.45) is 5.92 Å². The fraction of sp³-hybridized carbons (Fsp3) is 0.316. The van der Waals surface area contributed by atoms with E-state index in [0.29, 0.717) is 10.9 Å². The van der Waals surface area contributed by atoms with E-state index < -0.39 is 41.8 Å². The summed E-state index contributed by atoms with van der Waals surface area (Å²) in [5.74, 6) is -1.65. The highest BCUT2D eigenvalue weighted by Crippen LogP contribution is 2.46. The molecule has 1 N–H and O–H groups in total. The number of aromatic nitrogens is 3. The maximum Gasteiger partial charge on any atom is 0.266 e. The van der Waals surface area contributed by atoms with E-state index in [4.69, 9.17) is 0 Å². The van der Waals surface area contributed by atoms with Crippen molar-refractivity contribution >= 4 is 16.7 Å². The number of hydrogen-bond acceptors (Lipinski definition) is 4. The van der Waals surface area contributed by atoms with Gasteiger partial charge in [0.15, 0.2) is 0 Å². The van der Waals surface area contributed by atoms with Gasteiger partial charge >= 0.3 is 0 Å². The van der Waals surface area contributed by atoms with E-state index in [0.717, 1.165) is 6.07 Å². The van der Waals surface area contributed by atoms with Crippen LogP contribution in [0.2, 0.25) is 0 Å². The smallest absolute Gasteiger partial charge is 0.266 e. The van der Waals surface area contributed by atoms with E-state index in [9.17, 15) is 26.7 Å². The van der Waals surface area contributed by atoms with Crippen LogP contribution >= 0.6 is 0 Å². The summed E-state index contributed by atoms with van der Waals surface area (Å²) in [6, 6.07) is 4.33. The molecule has 1 aliphatic carbocycles. The molecular weight excluding hydrogens is 395 g/mol. The first kappa shape index (κ1) is 19.3. The molecule has 1 fully saturated rings. The molecule has 0 radical (unpaired) electrons. The molecule has 2 heterocycles. The molecule has 0 saturated heterocycles. The highest BCUT2D eigenvalue weighted by molar-refractivity contribution is 5.87. The van der Waals surface area contributed by atoms with E-state index in [2.05, 4.69) is 15.3 Å². The number of rotatable bonds is 6. The minimum atomic E-state index is -2.94. The molecule has 152 valence electrons. The molecule has 29 heavy (non-hydrogen) atoms. The highest BCUT2D eigenvalue weighted by atomic mass is 19.3. The third-order valence-electron chi connectivity index (χ3n) is 4.97. The maximum atomic E-state index is 14.2. The van der Waals surface area contributed by atoms with Gasteiger partial charge in [-0.3, -0.25) is 4.79 Å². The van der Waals surface area contributed by atoms with Crippen LogP contribution in [-0.4, -0.2) is 21.0 Å². The van der Waals surface area contributed by atoms with Crippen LogP contribution in [0.5, 0.6) is 0 Å². The third-order valence-corrected chi connectivity index (χ3v) is 4.97. The van der Waals surface area contributed by atoms with E-state index >= 15 is 0 Å². The zero-order valence-corrected chi connectivity index (χ0v) is 14.8. The topological polar surface area (TPSA) is 59.8 Å². The van der Waals surface area contributed by atoms with Gasteiger partial charge in [-0.2, -0.15) is 0 Å². The van der Waals surface area contributed by atoms with Crippen molar-refractivity contribution in [3.63, 3.8) is 0 Å². The average Bonchev–Trinajstić information content (AvgIpc) is 3.47. The highest BCUT2D eigenvalue weighted by Gasteiger charge is 2.46. The van der Waals surface area contributed by atoms with Crippen molar-refractivity contribution in [3.8, 4) is 0 Å². The lowest BCUT2D eigenvalue weighted by Gasteiger charge is -2.12. The van der Waals surface area contributed by atoms with E-state index in [1.165, 1.54) is 35.3 Å². The zero-order chi connectivity index (χ0) is 20.7. The standard InChI is InChI=1S/C19H15F5N4O/c20-16-9(2-1-3-10(16)17(21)22)6-25-19-12-7-28(14-4-11(14)18(23)24)15(29)5-13(12)26-8-27-19/h1-3,5,7-8,11,14,17-18H,4,6H2,(H,25,26,27)/t11-,14?/m0/s1. The van der Waals surface area contributed by atoms with Crippen molar-refractivity contribution in [2.45, 2.75) is 31.9 Å². The molecule has 0 spiro atoms. The number of pyridine rings is 1. The molecule has 1 unspecified atom stereocenters. The Balaban J connectivity index is 1.65. The van der Waals surface area contributed by atoms with Gasteiger partial charge in [-0.25, -0.2) is 31.9 Å². The Hall–Kier alpha value is -3.04. The molecule has 2 aromatic heterocycles. The van der Waals surface area contributed by atoms with Crippen LogP contribution in [0.1, 0.15) is 30.0 Å². The maximum absolute atomic E-state index is 14.2. The first-order chi connectivity index (χ1) is 13.9. The molecule has 0 amide bonds. The summed E-state index contributed by atoms with van der Waals surface area (Å²) in [5.41, 5.74) is -0.842. The van der Waals surface area contributed by atoms with Crippen molar-refractivity contribution in [1.29, 1.82) is 0 Å². The molecule has 5 nitrogen and oxygen atoms in total. The van der Waals surface area contributed by atoms with Crippen LogP contribution < -0.4 is 10.9 Å². The van der Waals surface area contributed by atoms with Gasteiger partial charge in [-0.05, 0) is 6.42 Å². The van der Waals surface area contributed by atoms with Gasteiger partial charge < -0.3 is 9.88 Å². The number of nitrogens with one attached hydrogen (secondary N) is 1.